The maximum absolute atomic E-state index is 10.3. The Morgan fingerprint density at radius 3 is 2.18 bits per heavy atom. The summed E-state index contributed by atoms with van der Waals surface area (Å²) in [5.41, 5.74) is 0.849. The van der Waals surface area contributed by atoms with Gasteiger partial charge in [-0.1, -0.05) is 12.1 Å². The SMILES string of the molecule is O=[SH](=O)Cc1ccc(I)cc1. The van der Waals surface area contributed by atoms with E-state index in [9.17, 15) is 8.42 Å². The van der Waals surface area contributed by atoms with Crippen molar-refractivity contribution in [3.63, 3.8) is 0 Å². The van der Waals surface area contributed by atoms with Gasteiger partial charge < -0.3 is 0 Å². The molecule has 0 spiro atoms. The van der Waals surface area contributed by atoms with Gasteiger partial charge >= 0.3 is 0 Å². The number of halogens is 1. The summed E-state index contributed by atoms with van der Waals surface area (Å²) < 4.78 is 21.7. The summed E-state index contributed by atoms with van der Waals surface area (Å²) in [4.78, 5) is 0. The van der Waals surface area contributed by atoms with Crippen LogP contribution >= 0.6 is 22.6 Å². The average molecular weight is 282 g/mol. The minimum atomic E-state index is -2.29. The number of benzene rings is 1. The highest BCUT2D eigenvalue weighted by molar-refractivity contribution is 14.1. The highest BCUT2D eigenvalue weighted by Gasteiger charge is 1.92. The first kappa shape index (κ1) is 8.99. The Morgan fingerprint density at radius 1 is 1.18 bits per heavy atom. The molecule has 0 radical (unpaired) electrons. The molecule has 0 heterocycles. The van der Waals surface area contributed by atoms with Crippen LogP contribution in [0.3, 0.4) is 0 Å². The second kappa shape index (κ2) is 4.06. The van der Waals surface area contributed by atoms with Crippen LogP contribution in [0, 0.1) is 3.57 Å². The molecule has 0 N–H and O–H groups in total. The van der Waals surface area contributed by atoms with E-state index in [-0.39, 0.29) is 5.75 Å². The third-order valence-corrected chi connectivity index (χ3v) is 2.57. The van der Waals surface area contributed by atoms with Gasteiger partial charge in [0.15, 0.2) is 0 Å². The van der Waals surface area contributed by atoms with Gasteiger partial charge in [0, 0.05) is 3.57 Å². The number of hydrogen-bond donors (Lipinski definition) is 1. The zero-order valence-electron chi connectivity index (χ0n) is 5.66. The van der Waals surface area contributed by atoms with Gasteiger partial charge in [-0.05, 0) is 40.3 Å². The molecule has 2 nitrogen and oxygen atoms in total. The summed E-state index contributed by atoms with van der Waals surface area (Å²) in [5.74, 6) is 0.145. The first-order valence-corrected chi connectivity index (χ1v) is 5.49. The van der Waals surface area contributed by atoms with E-state index in [4.69, 9.17) is 0 Å². The summed E-state index contributed by atoms with van der Waals surface area (Å²) in [6.07, 6.45) is 0. The molecule has 0 aliphatic rings. The van der Waals surface area contributed by atoms with E-state index in [0.29, 0.717) is 0 Å². The summed E-state index contributed by atoms with van der Waals surface area (Å²) in [5, 5.41) is 0. The summed E-state index contributed by atoms with van der Waals surface area (Å²) in [6.45, 7) is 0. The fraction of sp³-hybridized carbons (Fsp3) is 0.143. The molecular weight excluding hydrogens is 275 g/mol. The van der Waals surface area contributed by atoms with Gasteiger partial charge in [0.2, 0.25) is 0 Å². The van der Waals surface area contributed by atoms with Gasteiger partial charge in [-0.25, -0.2) is 8.42 Å². The molecule has 11 heavy (non-hydrogen) atoms. The van der Waals surface area contributed by atoms with Gasteiger partial charge in [0.25, 0.3) is 0 Å². The minimum absolute atomic E-state index is 0.145. The molecule has 0 bridgehead atoms. The van der Waals surface area contributed by atoms with Crippen LogP contribution in [0.15, 0.2) is 24.3 Å². The lowest BCUT2D eigenvalue weighted by atomic mass is 10.2. The largest absolute Gasteiger partial charge is 0.232 e. The maximum atomic E-state index is 10.3. The molecule has 0 aliphatic carbocycles. The Labute approximate surface area is 80.7 Å². The summed E-state index contributed by atoms with van der Waals surface area (Å²) >= 11 is 2.18. The predicted octanol–water partition coefficient (Wildman–Crippen LogP) is 1.40. The van der Waals surface area contributed by atoms with Crippen molar-refractivity contribution in [3.8, 4) is 0 Å². The Kier molecular flexibility index (Phi) is 3.32. The summed E-state index contributed by atoms with van der Waals surface area (Å²) in [6, 6.07) is 7.45. The van der Waals surface area contributed by atoms with Gasteiger partial charge in [-0.15, -0.1) is 0 Å². The molecule has 4 heteroatoms. The van der Waals surface area contributed by atoms with Gasteiger partial charge in [-0.3, -0.25) is 0 Å². The fourth-order valence-electron chi connectivity index (χ4n) is 0.739. The second-order valence-electron chi connectivity index (χ2n) is 2.12. The molecular formula is C7H7IO2S. The third kappa shape index (κ3) is 3.20. The first-order valence-electron chi connectivity index (χ1n) is 3.05. The third-order valence-electron chi connectivity index (χ3n) is 1.22. The Morgan fingerprint density at radius 2 is 1.73 bits per heavy atom. The van der Waals surface area contributed by atoms with Crippen molar-refractivity contribution < 1.29 is 8.42 Å². The van der Waals surface area contributed by atoms with Crippen molar-refractivity contribution in [2.24, 2.45) is 0 Å². The zero-order chi connectivity index (χ0) is 8.27. The molecule has 1 rings (SSSR count). The average Bonchev–Trinajstić information content (AvgIpc) is 1.93. The molecule has 0 fully saturated rings. The highest BCUT2D eigenvalue weighted by atomic mass is 127. The van der Waals surface area contributed by atoms with Crippen molar-refractivity contribution in [2.45, 2.75) is 5.75 Å². The smallest absolute Gasteiger partial charge is 0.144 e. The van der Waals surface area contributed by atoms with Crippen molar-refractivity contribution in [1.82, 2.24) is 0 Å². The standard InChI is InChI=1S/C7H7IO2S/c8-7-3-1-6(2-4-7)5-11(9)10/h1-4,11H,5H2. The van der Waals surface area contributed by atoms with Crippen molar-refractivity contribution in [1.29, 1.82) is 0 Å². The van der Waals surface area contributed by atoms with E-state index in [1.807, 2.05) is 24.3 Å². The van der Waals surface area contributed by atoms with Crippen LogP contribution in [0.1, 0.15) is 5.56 Å². The van der Waals surface area contributed by atoms with E-state index in [1.54, 1.807) is 0 Å². The molecule has 0 saturated heterocycles. The molecule has 0 saturated carbocycles. The van der Waals surface area contributed by atoms with E-state index >= 15 is 0 Å². The van der Waals surface area contributed by atoms with Crippen LogP contribution in [-0.4, -0.2) is 8.42 Å². The lowest BCUT2D eigenvalue weighted by molar-refractivity contribution is 0.614. The Bertz CT molecular complexity index is 295. The van der Waals surface area contributed by atoms with E-state index in [1.165, 1.54) is 0 Å². The molecule has 0 amide bonds. The lowest BCUT2D eigenvalue weighted by Crippen LogP contribution is -1.85. The maximum Gasteiger partial charge on any atom is 0.144 e. The quantitative estimate of drug-likeness (QED) is 0.657. The molecule has 0 unspecified atom stereocenters. The molecule has 60 valence electrons. The Balaban J connectivity index is 2.82. The molecule has 0 aliphatic heterocycles. The zero-order valence-corrected chi connectivity index (χ0v) is 8.71. The monoisotopic (exact) mass is 282 g/mol. The van der Waals surface area contributed by atoms with E-state index in [0.717, 1.165) is 9.13 Å². The topological polar surface area (TPSA) is 34.1 Å². The highest BCUT2D eigenvalue weighted by Crippen LogP contribution is 2.06. The van der Waals surface area contributed by atoms with Crippen LogP contribution in [0.5, 0.6) is 0 Å². The number of thiol groups is 1. The second-order valence-corrected chi connectivity index (χ2v) is 4.34. The normalized spacial score (nSPS) is 10.4. The van der Waals surface area contributed by atoms with Crippen molar-refractivity contribution in [3.05, 3.63) is 33.4 Å². The van der Waals surface area contributed by atoms with Crippen molar-refractivity contribution in [2.75, 3.05) is 0 Å². The molecule has 1 aromatic rings. The first-order chi connectivity index (χ1) is 5.18. The van der Waals surface area contributed by atoms with Crippen LogP contribution in [-0.2, 0) is 16.5 Å². The number of hydrogen-bond acceptors (Lipinski definition) is 2. The van der Waals surface area contributed by atoms with Crippen LogP contribution in [0.4, 0.5) is 0 Å². The van der Waals surface area contributed by atoms with Gasteiger partial charge in [0.1, 0.15) is 10.7 Å². The van der Waals surface area contributed by atoms with Gasteiger partial charge in [-0.2, -0.15) is 0 Å². The summed E-state index contributed by atoms with van der Waals surface area (Å²) in [7, 11) is -2.29. The molecule has 1 aromatic carbocycles. The Hall–Kier alpha value is -0.100. The molecule has 0 atom stereocenters. The molecule has 0 aromatic heterocycles. The number of rotatable bonds is 2. The predicted molar refractivity (Wildman–Crippen MR) is 53.2 cm³/mol. The van der Waals surface area contributed by atoms with E-state index < -0.39 is 10.7 Å². The van der Waals surface area contributed by atoms with Crippen LogP contribution < -0.4 is 0 Å². The minimum Gasteiger partial charge on any atom is -0.232 e. The lowest BCUT2D eigenvalue weighted by Gasteiger charge is -1.93. The van der Waals surface area contributed by atoms with Crippen LogP contribution in [0.25, 0.3) is 0 Å². The van der Waals surface area contributed by atoms with Crippen LogP contribution in [0.2, 0.25) is 0 Å². The fourth-order valence-corrected chi connectivity index (χ4v) is 1.61. The van der Waals surface area contributed by atoms with Gasteiger partial charge in [0.05, 0.1) is 5.75 Å². The van der Waals surface area contributed by atoms with E-state index in [2.05, 4.69) is 22.6 Å². The van der Waals surface area contributed by atoms with Crippen molar-refractivity contribution >= 4 is 33.3 Å².